The third-order valence-corrected chi connectivity index (χ3v) is 5.27. The van der Waals surface area contributed by atoms with Crippen LogP contribution in [0.3, 0.4) is 0 Å². The van der Waals surface area contributed by atoms with Crippen molar-refractivity contribution in [1.82, 2.24) is 14.7 Å². The van der Waals surface area contributed by atoms with Crippen LogP contribution in [-0.2, 0) is 4.74 Å². The molecule has 8 nitrogen and oxygen atoms in total. The minimum atomic E-state index is -0.645. The van der Waals surface area contributed by atoms with Crippen LogP contribution in [0.25, 0.3) is 0 Å². The van der Waals surface area contributed by atoms with E-state index in [1.165, 1.54) is 12.1 Å². The lowest BCUT2D eigenvalue weighted by atomic mass is 9.92. The number of aromatic nitrogens is 2. The van der Waals surface area contributed by atoms with Crippen LogP contribution in [0.4, 0.5) is 20.7 Å². The summed E-state index contributed by atoms with van der Waals surface area (Å²) in [5.41, 5.74) is 6.19. The Morgan fingerprint density at radius 2 is 2.03 bits per heavy atom. The Morgan fingerprint density at radius 3 is 2.62 bits per heavy atom. The van der Waals surface area contributed by atoms with E-state index in [9.17, 15) is 14.0 Å². The van der Waals surface area contributed by atoms with Crippen molar-refractivity contribution in [3.05, 3.63) is 54.5 Å². The van der Waals surface area contributed by atoms with E-state index in [4.69, 9.17) is 10.5 Å². The molecule has 3 rings (SSSR count). The Bertz CT molecular complexity index is 981. The molecule has 0 saturated carbocycles. The minimum absolute atomic E-state index is 0.0426. The highest BCUT2D eigenvalue weighted by molar-refractivity contribution is 5.98. The van der Waals surface area contributed by atoms with E-state index in [1.807, 2.05) is 26.8 Å². The van der Waals surface area contributed by atoms with Gasteiger partial charge >= 0.3 is 6.09 Å². The SMILES string of the molecule is C=C[C@@H]1CCN(C(=O)OCC(C)(C)C)C[C@H]1n1cc(C(N)=O)c(Nc2ccc(F)cc2)n1. The summed E-state index contributed by atoms with van der Waals surface area (Å²) in [5, 5.41) is 7.55. The predicted octanol–water partition coefficient (Wildman–Crippen LogP) is 4.10. The second-order valence-corrected chi connectivity index (χ2v) is 9.18. The van der Waals surface area contributed by atoms with Crippen LogP contribution in [0.5, 0.6) is 0 Å². The maximum atomic E-state index is 13.2. The van der Waals surface area contributed by atoms with E-state index in [1.54, 1.807) is 27.9 Å². The smallest absolute Gasteiger partial charge is 0.409 e. The average Bonchev–Trinajstić information content (AvgIpc) is 3.16. The molecule has 2 amide bonds. The van der Waals surface area contributed by atoms with Crippen molar-refractivity contribution >= 4 is 23.5 Å². The fourth-order valence-electron chi connectivity index (χ4n) is 3.54. The van der Waals surface area contributed by atoms with Crippen molar-refractivity contribution in [1.29, 1.82) is 0 Å². The van der Waals surface area contributed by atoms with Crippen molar-refractivity contribution < 1.29 is 18.7 Å². The third-order valence-electron chi connectivity index (χ3n) is 5.27. The molecule has 3 N–H and O–H groups in total. The lowest BCUT2D eigenvalue weighted by Crippen LogP contribution is -2.45. The van der Waals surface area contributed by atoms with Crippen molar-refractivity contribution in [3.63, 3.8) is 0 Å². The molecule has 32 heavy (non-hydrogen) atoms. The van der Waals surface area contributed by atoms with Crippen molar-refractivity contribution in [3.8, 4) is 0 Å². The van der Waals surface area contributed by atoms with Crippen LogP contribution in [0.1, 0.15) is 43.6 Å². The Hall–Kier alpha value is -3.36. The maximum absolute atomic E-state index is 13.2. The van der Waals surface area contributed by atoms with Gasteiger partial charge in [0.2, 0.25) is 0 Å². The number of halogens is 1. The number of hydrogen-bond donors (Lipinski definition) is 2. The zero-order chi connectivity index (χ0) is 23.5. The molecule has 0 aliphatic carbocycles. The van der Waals surface area contributed by atoms with Crippen LogP contribution >= 0.6 is 0 Å². The summed E-state index contributed by atoms with van der Waals surface area (Å²) in [7, 11) is 0. The van der Waals surface area contributed by atoms with Gasteiger partial charge in [0.15, 0.2) is 5.82 Å². The first-order valence-corrected chi connectivity index (χ1v) is 10.5. The second-order valence-electron chi connectivity index (χ2n) is 9.18. The van der Waals surface area contributed by atoms with Gasteiger partial charge in [-0.05, 0) is 36.1 Å². The number of amides is 2. The van der Waals surface area contributed by atoms with Gasteiger partial charge in [-0.1, -0.05) is 26.8 Å². The van der Waals surface area contributed by atoms with E-state index in [0.717, 1.165) is 0 Å². The number of nitrogens with one attached hydrogen (secondary N) is 1. The number of carbonyl (C=O) groups excluding carboxylic acids is 2. The first kappa shape index (κ1) is 23.3. The number of piperidine rings is 1. The molecule has 1 aliphatic heterocycles. The standard InChI is InChI=1S/C23H30FN5O3/c1-5-15-10-11-28(22(31)32-14-23(2,3)4)13-19(15)29-12-18(20(25)30)21(27-29)26-17-8-6-16(24)7-9-17/h5-9,12,15,19H,1,10-11,13-14H2,2-4H3,(H2,25,30)(H,26,27)/t15-,19-/m1/s1. The molecule has 0 unspecified atom stereocenters. The zero-order valence-electron chi connectivity index (χ0n) is 18.7. The molecular formula is C23H30FN5O3. The number of rotatable bonds is 6. The van der Waals surface area contributed by atoms with Gasteiger partial charge < -0.3 is 20.7 Å². The summed E-state index contributed by atoms with van der Waals surface area (Å²) in [4.78, 5) is 26.3. The predicted molar refractivity (Wildman–Crippen MR) is 120 cm³/mol. The number of primary amides is 1. The van der Waals surface area contributed by atoms with Crippen molar-refractivity contribution in [2.45, 2.75) is 33.2 Å². The summed E-state index contributed by atoms with van der Waals surface area (Å²) < 4.78 is 20.3. The fraction of sp³-hybridized carbons (Fsp3) is 0.435. The minimum Gasteiger partial charge on any atom is -0.449 e. The summed E-state index contributed by atoms with van der Waals surface area (Å²) in [5.74, 6) is -0.709. The van der Waals surface area contributed by atoms with E-state index in [-0.39, 0.29) is 40.7 Å². The Kier molecular flexibility index (Phi) is 6.86. The van der Waals surface area contributed by atoms with Gasteiger partial charge in [-0.25, -0.2) is 9.18 Å². The van der Waals surface area contributed by atoms with E-state index >= 15 is 0 Å². The number of carbonyl (C=O) groups is 2. The normalized spacial score (nSPS) is 18.8. The van der Waals surface area contributed by atoms with Crippen LogP contribution in [0, 0.1) is 17.2 Å². The summed E-state index contributed by atoms with van der Waals surface area (Å²) in [6.45, 7) is 11.1. The van der Waals surface area contributed by atoms with E-state index < -0.39 is 5.91 Å². The Balaban J connectivity index is 1.83. The lowest BCUT2D eigenvalue weighted by molar-refractivity contribution is 0.0535. The Labute approximate surface area is 187 Å². The average molecular weight is 444 g/mol. The molecule has 1 aromatic heterocycles. The van der Waals surface area contributed by atoms with Crippen LogP contribution in [0.2, 0.25) is 0 Å². The monoisotopic (exact) mass is 443 g/mol. The summed E-state index contributed by atoms with van der Waals surface area (Å²) in [6, 6.07) is 5.45. The van der Waals surface area contributed by atoms with Gasteiger partial charge in [0.1, 0.15) is 11.4 Å². The van der Waals surface area contributed by atoms with Gasteiger partial charge in [0.25, 0.3) is 5.91 Å². The van der Waals surface area contributed by atoms with Crippen LogP contribution in [0.15, 0.2) is 43.1 Å². The molecule has 1 aromatic carbocycles. The molecule has 2 atom stereocenters. The fourth-order valence-corrected chi connectivity index (χ4v) is 3.54. The summed E-state index contributed by atoms with van der Waals surface area (Å²) >= 11 is 0. The number of ether oxygens (including phenoxy) is 1. The number of nitrogens with zero attached hydrogens (tertiary/aromatic N) is 3. The van der Waals surface area contributed by atoms with Crippen LogP contribution < -0.4 is 11.1 Å². The first-order valence-electron chi connectivity index (χ1n) is 10.5. The van der Waals surface area contributed by atoms with Crippen LogP contribution in [-0.4, -0.2) is 46.4 Å². The number of likely N-dealkylation sites (tertiary alicyclic amines) is 1. The highest BCUT2D eigenvalue weighted by Gasteiger charge is 2.33. The van der Waals surface area contributed by atoms with Gasteiger partial charge in [-0.2, -0.15) is 5.10 Å². The third kappa shape index (κ3) is 5.66. The van der Waals surface area contributed by atoms with Crippen molar-refractivity contribution in [2.75, 3.05) is 25.0 Å². The van der Waals surface area contributed by atoms with E-state index in [0.29, 0.717) is 31.8 Å². The molecular weight excluding hydrogens is 413 g/mol. The summed E-state index contributed by atoms with van der Waals surface area (Å²) in [6.07, 6.45) is 3.71. The molecule has 0 bridgehead atoms. The molecule has 0 radical (unpaired) electrons. The molecule has 1 saturated heterocycles. The molecule has 2 heterocycles. The van der Waals surface area contributed by atoms with Crippen molar-refractivity contribution in [2.24, 2.45) is 17.1 Å². The maximum Gasteiger partial charge on any atom is 0.409 e. The lowest BCUT2D eigenvalue weighted by Gasteiger charge is -2.37. The Morgan fingerprint density at radius 1 is 1.34 bits per heavy atom. The van der Waals surface area contributed by atoms with E-state index in [2.05, 4.69) is 17.0 Å². The number of nitrogens with two attached hydrogens (primary N) is 1. The number of hydrogen-bond acceptors (Lipinski definition) is 5. The van der Waals surface area contributed by atoms with Gasteiger partial charge in [0, 0.05) is 30.9 Å². The van der Waals surface area contributed by atoms with Gasteiger partial charge in [-0.15, -0.1) is 6.58 Å². The topological polar surface area (TPSA) is 102 Å². The molecule has 0 spiro atoms. The second kappa shape index (κ2) is 9.42. The molecule has 1 aliphatic rings. The highest BCUT2D eigenvalue weighted by atomic mass is 19.1. The number of allylic oxidation sites excluding steroid dienone is 1. The highest BCUT2D eigenvalue weighted by Crippen LogP contribution is 2.31. The quantitative estimate of drug-likeness (QED) is 0.655. The molecule has 9 heteroatoms. The number of anilines is 2. The van der Waals surface area contributed by atoms with Gasteiger partial charge in [-0.3, -0.25) is 9.48 Å². The molecule has 1 fully saturated rings. The molecule has 2 aromatic rings. The van der Waals surface area contributed by atoms with Gasteiger partial charge in [0.05, 0.1) is 12.6 Å². The zero-order valence-corrected chi connectivity index (χ0v) is 18.7. The first-order chi connectivity index (χ1) is 15.1. The largest absolute Gasteiger partial charge is 0.449 e. The molecule has 172 valence electrons. The number of benzene rings is 1.